The molecule has 0 aromatic heterocycles. The number of benzene rings is 1. The smallest absolute Gasteiger partial charge is 0.240 e. The molecular weight excluding hydrogens is 292 g/mol. The number of ether oxygens (including phenoxy) is 2. The van der Waals surface area contributed by atoms with Crippen LogP contribution in [0, 0.1) is 0 Å². The van der Waals surface area contributed by atoms with Crippen LogP contribution in [0.1, 0.15) is 13.8 Å². The summed E-state index contributed by atoms with van der Waals surface area (Å²) in [7, 11) is -3.59. The van der Waals surface area contributed by atoms with Gasteiger partial charge in [-0.15, -0.1) is 0 Å². The van der Waals surface area contributed by atoms with E-state index in [2.05, 4.69) is 4.72 Å². The van der Waals surface area contributed by atoms with E-state index in [9.17, 15) is 8.42 Å². The molecule has 21 heavy (non-hydrogen) atoms. The van der Waals surface area contributed by atoms with Crippen LogP contribution in [-0.4, -0.2) is 34.7 Å². The number of hydrogen-bond acceptors (Lipinski definition) is 5. The largest absolute Gasteiger partial charge is 0.490 e. The lowest BCUT2D eigenvalue weighted by atomic mass is 10.3. The van der Waals surface area contributed by atoms with Gasteiger partial charge in [0.2, 0.25) is 10.0 Å². The highest BCUT2D eigenvalue weighted by molar-refractivity contribution is 7.89. The van der Waals surface area contributed by atoms with Gasteiger partial charge in [0.1, 0.15) is 0 Å². The van der Waals surface area contributed by atoms with Crippen molar-refractivity contribution in [3.05, 3.63) is 30.4 Å². The fourth-order valence-corrected chi connectivity index (χ4v) is 2.61. The van der Waals surface area contributed by atoms with Gasteiger partial charge in [0, 0.05) is 19.2 Å². The first-order chi connectivity index (χ1) is 10.0. The van der Waals surface area contributed by atoms with Crippen molar-refractivity contribution in [3.63, 3.8) is 0 Å². The van der Waals surface area contributed by atoms with Gasteiger partial charge in [-0.2, -0.15) is 0 Å². The molecule has 1 aromatic rings. The van der Waals surface area contributed by atoms with Crippen LogP contribution < -0.4 is 19.9 Å². The van der Waals surface area contributed by atoms with E-state index in [-0.39, 0.29) is 11.4 Å². The second kappa shape index (κ2) is 8.66. The van der Waals surface area contributed by atoms with E-state index < -0.39 is 10.0 Å². The molecule has 0 atom stereocenters. The van der Waals surface area contributed by atoms with E-state index in [1.165, 1.54) is 12.1 Å². The molecule has 118 valence electrons. The highest BCUT2D eigenvalue weighted by Crippen LogP contribution is 2.30. The Balaban J connectivity index is 2.95. The maximum absolute atomic E-state index is 12.1. The van der Waals surface area contributed by atoms with E-state index in [0.717, 1.165) is 0 Å². The monoisotopic (exact) mass is 314 g/mol. The summed E-state index contributed by atoms with van der Waals surface area (Å²) in [6, 6.07) is 4.55. The quantitative estimate of drug-likeness (QED) is 0.670. The predicted octanol–water partition coefficient (Wildman–Crippen LogP) is 1.28. The zero-order valence-corrected chi connectivity index (χ0v) is 13.2. The minimum absolute atomic E-state index is 0.135. The third-order valence-electron chi connectivity index (χ3n) is 2.52. The molecular formula is C14H22N2O4S. The summed E-state index contributed by atoms with van der Waals surface area (Å²) in [4.78, 5) is 0.135. The van der Waals surface area contributed by atoms with Crippen molar-refractivity contribution in [2.75, 3.05) is 26.3 Å². The first-order valence-corrected chi connectivity index (χ1v) is 8.27. The van der Waals surface area contributed by atoms with Crippen molar-refractivity contribution >= 4 is 10.0 Å². The van der Waals surface area contributed by atoms with Crippen molar-refractivity contribution < 1.29 is 17.9 Å². The minimum atomic E-state index is -3.59. The second-order valence-electron chi connectivity index (χ2n) is 4.03. The van der Waals surface area contributed by atoms with Gasteiger partial charge < -0.3 is 15.2 Å². The first kappa shape index (κ1) is 17.5. The average molecular weight is 314 g/mol. The Kier molecular flexibility index (Phi) is 7.21. The summed E-state index contributed by atoms with van der Waals surface area (Å²) in [6.45, 7) is 5.15. The molecule has 0 amide bonds. The van der Waals surface area contributed by atoms with Gasteiger partial charge in [0.15, 0.2) is 11.5 Å². The van der Waals surface area contributed by atoms with Crippen molar-refractivity contribution in [3.8, 4) is 11.5 Å². The van der Waals surface area contributed by atoms with Crippen LogP contribution in [0.2, 0.25) is 0 Å². The van der Waals surface area contributed by atoms with Crippen LogP contribution in [0.5, 0.6) is 11.5 Å². The van der Waals surface area contributed by atoms with Gasteiger partial charge >= 0.3 is 0 Å². The van der Waals surface area contributed by atoms with Crippen molar-refractivity contribution in [2.45, 2.75) is 18.7 Å². The lowest BCUT2D eigenvalue weighted by Gasteiger charge is -2.12. The molecule has 7 heteroatoms. The van der Waals surface area contributed by atoms with Crippen LogP contribution in [0.25, 0.3) is 0 Å². The summed E-state index contributed by atoms with van der Waals surface area (Å²) in [5, 5.41) is 0. The molecule has 0 unspecified atom stereocenters. The topological polar surface area (TPSA) is 90.7 Å². The summed E-state index contributed by atoms with van der Waals surface area (Å²) < 4.78 is 37.6. The third-order valence-corrected chi connectivity index (χ3v) is 3.94. The van der Waals surface area contributed by atoms with Crippen LogP contribution in [-0.2, 0) is 10.0 Å². The fraction of sp³-hybridized carbons (Fsp3) is 0.429. The summed E-state index contributed by atoms with van der Waals surface area (Å²) in [5.74, 6) is 0.945. The van der Waals surface area contributed by atoms with Gasteiger partial charge in [0.25, 0.3) is 0 Å². The van der Waals surface area contributed by atoms with E-state index in [4.69, 9.17) is 15.2 Å². The van der Waals surface area contributed by atoms with Crippen LogP contribution >= 0.6 is 0 Å². The Hall–Kier alpha value is -1.57. The van der Waals surface area contributed by atoms with Crippen molar-refractivity contribution in [1.29, 1.82) is 0 Å². The van der Waals surface area contributed by atoms with E-state index in [1.54, 1.807) is 18.2 Å². The molecule has 0 aliphatic carbocycles. The van der Waals surface area contributed by atoms with Crippen LogP contribution in [0.15, 0.2) is 35.2 Å². The summed E-state index contributed by atoms with van der Waals surface area (Å²) >= 11 is 0. The normalized spacial score (nSPS) is 11.8. The van der Waals surface area contributed by atoms with Gasteiger partial charge in [0.05, 0.1) is 18.1 Å². The Labute approximate surface area is 126 Å². The molecule has 0 bridgehead atoms. The zero-order valence-electron chi connectivity index (χ0n) is 12.3. The van der Waals surface area contributed by atoms with Gasteiger partial charge in [-0.1, -0.05) is 12.2 Å². The number of rotatable bonds is 9. The maximum Gasteiger partial charge on any atom is 0.240 e. The number of nitrogens with one attached hydrogen (secondary N) is 1. The highest BCUT2D eigenvalue weighted by atomic mass is 32.2. The molecule has 0 aliphatic heterocycles. The Bertz CT molecular complexity index is 570. The molecule has 3 N–H and O–H groups in total. The van der Waals surface area contributed by atoms with Crippen LogP contribution in [0.4, 0.5) is 0 Å². The lowest BCUT2D eigenvalue weighted by Crippen LogP contribution is -2.24. The Morgan fingerprint density at radius 1 is 1.14 bits per heavy atom. The van der Waals surface area contributed by atoms with Gasteiger partial charge in [-0.3, -0.25) is 0 Å². The molecule has 0 heterocycles. The van der Waals surface area contributed by atoms with Crippen LogP contribution in [0.3, 0.4) is 0 Å². The van der Waals surface area contributed by atoms with E-state index in [0.29, 0.717) is 31.3 Å². The molecule has 1 rings (SSSR count). The zero-order chi connectivity index (χ0) is 15.7. The fourth-order valence-electron chi connectivity index (χ4n) is 1.62. The Morgan fingerprint density at radius 2 is 1.81 bits per heavy atom. The summed E-state index contributed by atoms with van der Waals surface area (Å²) in [5.41, 5.74) is 5.29. The lowest BCUT2D eigenvalue weighted by molar-refractivity contribution is 0.287. The standard InChI is InChI=1S/C14H22N2O4S/c1-3-19-13-8-7-12(11-14(13)20-4-2)21(17,18)16-10-6-5-9-15/h5-8,11,16H,3-4,9-10,15H2,1-2H3/b6-5+. The minimum Gasteiger partial charge on any atom is -0.490 e. The Morgan fingerprint density at radius 3 is 2.43 bits per heavy atom. The molecule has 0 fully saturated rings. The average Bonchev–Trinajstić information content (AvgIpc) is 2.46. The van der Waals surface area contributed by atoms with Crippen molar-refractivity contribution in [1.82, 2.24) is 4.72 Å². The molecule has 1 aromatic carbocycles. The van der Waals surface area contributed by atoms with E-state index in [1.807, 2.05) is 13.8 Å². The molecule has 0 radical (unpaired) electrons. The van der Waals surface area contributed by atoms with Gasteiger partial charge in [-0.25, -0.2) is 13.1 Å². The predicted molar refractivity (Wildman–Crippen MR) is 82.2 cm³/mol. The SMILES string of the molecule is CCOc1ccc(S(=O)(=O)NC/C=C/CN)cc1OCC. The van der Waals surface area contributed by atoms with E-state index >= 15 is 0 Å². The second-order valence-corrected chi connectivity index (χ2v) is 5.80. The van der Waals surface area contributed by atoms with Crippen molar-refractivity contribution in [2.24, 2.45) is 5.73 Å². The summed E-state index contributed by atoms with van der Waals surface area (Å²) in [6.07, 6.45) is 3.35. The maximum atomic E-state index is 12.1. The van der Waals surface area contributed by atoms with Gasteiger partial charge in [-0.05, 0) is 26.0 Å². The highest BCUT2D eigenvalue weighted by Gasteiger charge is 2.16. The first-order valence-electron chi connectivity index (χ1n) is 6.79. The molecule has 0 spiro atoms. The molecule has 0 saturated heterocycles. The third kappa shape index (κ3) is 5.37. The molecule has 6 nitrogen and oxygen atoms in total. The number of nitrogens with two attached hydrogens (primary N) is 1. The number of sulfonamides is 1. The number of hydrogen-bond donors (Lipinski definition) is 2. The molecule has 0 saturated carbocycles. The molecule has 0 aliphatic rings.